The second kappa shape index (κ2) is 7.28. The maximum atomic E-state index is 13.1. The highest BCUT2D eigenvalue weighted by Gasteiger charge is 2.40. The maximum Gasteiger partial charge on any atom is 0.341 e. The summed E-state index contributed by atoms with van der Waals surface area (Å²) in [5, 5.41) is 19.4. The first kappa shape index (κ1) is 20.9. The molecule has 0 radical (unpaired) electrons. The highest BCUT2D eigenvalue weighted by molar-refractivity contribution is 7.16. The van der Waals surface area contributed by atoms with Crippen molar-refractivity contribution in [3.05, 3.63) is 50.1 Å². The summed E-state index contributed by atoms with van der Waals surface area (Å²) in [5.41, 5.74) is 1.26. The highest BCUT2D eigenvalue weighted by Crippen LogP contribution is 2.52. The van der Waals surface area contributed by atoms with Gasteiger partial charge in [0.15, 0.2) is 11.5 Å². The van der Waals surface area contributed by atoms with Gasteiger partial charge in [0.1, 0.15) is 5.56 Å². The molecule has 1 atom stereocenters. The van der Waals surface area contributed by atoms with Gasteiger partial charge in [-0.25, -0.2) is 4.79 Å². The summed E-state index contributed by atoms with van der Waals surface area (Å²) < 4.78 is 5.77. The molecule has 7 nitrogen and oxygen atoms in total. The Labute approximate surface area is 187 Å². The van der Waals surface area contributed by atoms with Crippen LogP contribution in [0, 0.1) is 5.41 Å². The zero-order valence-corrected chi connectivity index (χ0v) is 18.6. The Bertz CT molecular complexity index is 1350. The van der Waals surface area contributed by atoms with Crippen molar-refractivity contribution in [3.63, 3.8) is 0 Å². The number of aliphatic hydroxyl groups is 1. The molecule has 0 saturated heterocycles. The number of methoxy groups -OCH3 is 1. The molecule has 166 valence electrons. The van der Waals surface area contributed by atoms with Gasteiger partial charge >= 0.3 is 5.97 Å². The number of Topliss-reactive ketones (excluding diaryl/α,β-unsaturated/α-hetero) is 1. The van der Waals surface area contributed by atoms with E-state index >= 15 is 0 Å². The molecule has 0 bridgehead atoms. The zero-order chi connectivity index (χ0) is 22.8. The summed E-state index contributed by atoms with van der Waals surface area (Å²) in [6.45, 7) is 1.61. The molecule has 5 rings (SSSR count). The van der Waals surface area contributed by atoms with Gasteiger partial charge in [0.2, 0.25) is 5.43 Å². The number of nitrogens with one attached hydrogen (secondary N) is 1. The topological polar surface area (TPSA) is 117 Å². The number of benzene rings is 1. The number of carboxylic acid groups (broad SMARTS) is 1. The van der Waals surface area contributed by atoms with Gasteiger partial charge in [0, 0.05) is 27.1 Å². The van der Waals surface area contributed by atoms with Gasteiger partial charge < -0.3 is 19.9 Å². The number of carboxylic acids is 1. The number of carbonyl (C=O) groups excluding carboxylic acids is 1. The number of thiophene rings is 1. The number of hydrogen-bond acceptors (Lipinski definition) is 6. The van der Waals surface area contributed by atoms with Crippen molar-refractivity contribution in [2.24, 2.45) is 5.41 Å². The monoisotopic (exact) mass is 453 g/mol. The van der Waals surface area contributed by atoms with Crippen LogP contribution in [0.15, 0.2) is 23.1 Å². The van der Waals surface area contributed by atoms with Crippen LogP contribution < -0.4 is 10.2 Å². The summed E-state index contributed by atoms with van der Waals surface area (Å²) in [5.74, 6) is -0.584. The number of carbonyl (C=O) groups is 2. The first-order chi connectivity index (χ1) is 15.3. The average Bonchev–Trinajstić information content (AvgIpc) is 3.54. The number of aromatic nitrogens is 1. The Kier molecular flexibility index (Phi) is 4.76. The predicted octanol–water partition coefficient (Wildman–Crippen LogP) is 3.97. The van der Waals surface area contributed by atoms with E-state index < -0.39 is 16.8 Å². The first-order valence-electron chi connectivity index (χ1n) is 10.6. The Morgan fingerprint density at radius 3 is 2.69 bits per heavy atom. The maximum absolute atomic E-state index is 13.1. The standard InChI is InChI=1S/C24H23NO6S/c1-24(10-26)6-5-16-13(22(24)28)8-17(32-16)18-12(11-3-4-11)7-14-19(21(18)31-2)25-9-15(20(14)27)23(29)30/h7-9,11,26H,3-6,10H2,1-2H3,(H,25,27)(H,29,30). The molecule has 2 aliphatic carbocycles. The van der Waals surface area contributed by atoms with E-state index in [4.69, 9.17) is 4.74 Å². The van der Waals surface area contributed by atoms with E-state index in [-0.39, 0.29) is 29.3 Å². The van der Waals surface area contributed by atoms with Crippen molar-refractivity contribution in [2.45, 2.75) is 38.5 Å². The van der Waals surface area contributed by atoms with Gasteiger partial charge in [-0.15, -0.1) is 11.3 Å². The first-order valence-corrected chi connectivity index (χ1v) is 11.4. The number of ketones is 1. The minimum absolute atomic E-state index is 0.0454. The Hall–Kier alpha value is -2.97. The van der Waals surface area contributed by atoms with Crippen molar-refractivity contribution in [1.82, 2.24) is 4.98 Å². The summed E-state index contributed by atoms with van der Waals surface area (Å²) in [6, 6.07) is 3.67. The third kappa shape index (κ3) is 3.01. The number of ether oxygens (including phenoxy) is 1. The van der Waals surface area contributed by atoms with Crippen LogP contribution >= 0.6 is 11.3 Å². The van der Waals surface area contributed by atoms with E-state index in [1.54, 1.807) is 24.3 Å². The van der Waals surface area contributed by atoms with Crippen molar-refractivity contribution in [2.75, 3.05) is 13.7 Å². The molecule has 1 fully saturated rings. The molecule has 2 aliphatic rings. The lowest BCUT2D eigenvalue weighted by atomic mass is 9.75. The van der Waals surface area contributed by atoms with Gasteiger partial charge in [-0.2, -0.15) is 0 Å². The van der Waals surface area contributed by atoms with Crippen LogP contribution in [0.2, 0.25) is 0 Å². The number of aromatic carboxylic acids is 1. The number of aromatic amines is 1. The third-order valence-corrected chi connectivity index (χ3v) is 7.93. The van der Waals surface area contributed by atoms with Gasteiger partial charge in [-0.05, 0) is 49.3 Å². The van der Waals surface area contributed by atoms with Crippen LogP contribution in [0.4, 0.5) is 0 Å². The van der Waals surface area contributed by atoms with Crippen LogP contribution in [-0.4, -0.2) is 40.7 Å². The highest BCUT2D eigenvalue weighted by atomic mass is 32.1. The lowest BCUT2D eigenvalue weighted by molar-refractivity contribution is 0.0642. The summed E-state index contributed by atoms with van der Waals surface area (Å²) in [4.78, 5) is 42.2. The fourth-order valence-corrected chi connectivity index (χ4v) is 5.82. The molecule has 3 aromatic rings. The van der Waals surface area contributed by atoms with E-state index in [1.807, 2.05) is 6.07 Å². The third-order valence-electron chi connectivity index (χ3n) is 6.71. The number of hydrogen-bond donors (Lipinski definition) is 3. The Morgan fingerprint density at radius 1 is 1.31 bits per heavy atom. The molecular formula is C24H23NO6S. The van der Waals surface area contributed by atoms with Crippen molar-refractivity contribution < 1.29 is 24.5 Å². The smallest absolute Gasteiger partial charge is 0.341 e. The van der Waals surface area contributed by atoms with Crippen molar-refractivity contribution in [1.29, 1.82) is 0 Å². The van der Waals surface area contributed by atoms with Crippen LogP contribution in [0.3, 0.4) is 0 Å². The van der Waals surface area contributed by atoms with Crippen LogP contribution in [0.25, 0.3) is 21.3 Å². The molecular weight excluding hydrogens is 430 g/mol. The van der Waals surface area contributed by atoms with Crippen LogP contribution in [-0.2, 0) is 6.42 Å². The van der Waals surface area contributed by atoms with Gasteiger partial charge in [-0.1, -0.05) is 6.92 Å². The van der Waals surface area contributed by atoms with E-state index in [1.165, 1.54) is 13.3 Å². The summed E-state index contributed by atoms with van der Waals surface area (Å²) in [7, 11) is 1.53. The SMILES string of the molecule is COc1c(-c2cc3c(s2)CCC(C)(CO)C3=O)c(C2CC2)cc2c(=O)c(C(=O)O)c[nH]c12. The molecule has 32 heavy (non-hydrogen) atoms. The number of pyridine rings is 1. The number of H-pyrrole nitrogens is 1. The van der Waals surface area contributed by atoms with Crippen molar-refractivity contribution >= 4 is 34.0 Å². The molecule has 2 aromatic heterocycles. The summed E-state index contributed by atoms with van der Waals surface area (Å²) in [6.07, 6.45) is 4.47. The van der Waals surface area contributed by atoms with Gasteiger partial charge in [0.25, 0.3) is 0 Å². The minimum Gasteiger partial charge on any atom is -0.494 e. The number of fused-ring (bicyclic) bond motifs is 2. The second-order valence-corrected chi connectivity index (χ2v) is 10.0. The molecule has 0 aliphatic heterocycles. The quantitative estimate of drug-likeness (QED) is 0.538. The molecule has 0 amide bonds. The molecule has 8 heteroatoms. The largest absolute Gasteiger partial charge is 0.494 e. The van der Waals surface area contributed by atoms with Gasteiger partial charge in [-0.3, -0.25) is 9.59 Å². The lowest BCUT2D eigenvalue weighted by Gasteiger charge is -2.29. The average molecular weight is 454 g/mol. The predicted molar refractivity (Wildman–Crippen MR) is 121 cm³/mol. The Balaban J connectivity index is 1.77. The van der Waals surface area contributed by atoms with E-state index in [2.05, 4.69) is 4.98 Å². The fourth-order valence-electron chi connectivity index (χ4n) is 4.60. The molecule has 2 heterocycles. The normalized spacial score (nSPS) is 20.4. The molecule has 3 N–H and O–H groups in total. The van der Waals surface area contributed by atoms with Crippen LogP contribution in [0.5, 0.6) is 5.75 Å². The Morgan fingerprint density at radius 2 is 2.06 bits per heavy atom. The molecule has 1 saturated carbocycles. The molecule has 0 spiro atoms. The zero-order valence-electron chi connectivity index (χ0n) is 17.8. The molecule has 1 unspecified atom stereocenters. The second-order valence-electron chi connectivity index (χ2n) is 8.90. The number of rotatable bonds is 5. The van der Waals surface area contributed by atoms with E-state index in [0.29, 0.717) is 23.3 Å². The van der Waals surface area contributed by atoms with E-state index in [0.717, 1.165) is 40.1 Å². The van der Waals surface area contributed by atoms with Gasteiger partial charge in [0.05, 0.1) is 30.0 Å². The van der Waals surface area contributed by atoms with Crippen molar-refractivity contribution in [3.8, 4) is 16.2 Å². The summed E-state index contributed by atoms with van der Waals surface area (Å²) >= 11 is 1.54. The van der Waals surface area contributed by atoms with E-state index in [9.17, 15) is 24.6 Å². The minimum atomic E-state index is -1.28. The van der Waals surface area contributed by atoms with Crippen LogP contribution in [0.1, 0.15) is 63.3 Å². The molecule has 1 aromatic carbocycles. The number of aliphatic hydroxyl groups excluding tert-OH is 1. The number of aryl methyl sites for hydroxylation is 1. The lowest BCUT2D eigenvalue weighted by Crippen LogP contribution is -2.35. The fraction of sp³-hybridized carbons (Fsp3) is 0.375.